The number of rotatable bonds is 5. The number of nitrogens with zero attached hydrogens (tertiary/aromatic N) is 1. The maximum atomic E-state index is 2.31. The van der Waals surface area contributed by atoms with Crippen molar-refractivity contribution < 1.29 is 4.57 Å². The molecule has 0 atom stereocenters. The van der Waals surface area contributed by atoms with Crippen molar-refractivity contribution in [3.8, 4) is 0 Å². The molecule has 0 N–H and O–H groups in total. The fourth-order valence-electron chi connectivity index (χ4n) is 1.74. The van der Waals surface area contributed by atoms with Crippen molar-refractivity contribution in [3.63, 3.8) is 0 Å². The largest absolute Gasteiger partial charge is 0.200 e. The minimum absolute atomic E-state index is 0.260. The first-order valence-corrected chi connectivity index (χ1v) is 5.63. The Balaban J connectivity index is 2.56. The molecule has 0 saturated heterocycles. The van der Waals surface area contributed by atoms with Gasteiger partial charge in [-0.2, -0.15) is 0 Å². The van der Waals surface area contributed by atoms with Crippen molar-refractivity contribution in [1.29, 1.82) is 0 Å². The van der Waals surface area contributed by atoms with E-state index in [-0.39, 0.29) is 5.54 Å². The Labute approximate surface area is 87.8 Å². The molecule has 0 fully saturated rings. The molecule has 0 aliphatic carbocycles. The number of pyridine rings is 1. The van der Waals surface area contributed by atoms with Gasteiger partial charge in [-0.15, -0.1) is 0 Å². The van der Waals surface area contributed by atoms with E-state index in [1.807, 2.05) is 0 Å². The van der Waals surface area contributed by atoms with E-state index in [1.54, 1.807) is 0 Å². The topological polar surface area (TPSA) is 3.88 Å². The summed E-state index contributed by atoms with van der Waals surface area (Å²) in [4.78, 5) is 0. The zero-order valence-electron chi connectivity index (χ0n) is 9.66. The van der Waals surface area contributed by atoms with Crippen molar-refractivity contribution in [2.24, 2.45) is 0 Å². The normalized spacial score (nSPS) is 11.6. The number of hydrogen-bond donors (Lipinski definition) is 0. The van der Waals surface area contributed by atoms with Crippen LogP contribution < -0.4 is 4.57 Å². The molecule has 14 heavy (non-hydrogen) atoms. The fourth-order valence-corrected chi connectivity index (χ4v) is 1.74. The van der Waals surface area contributed by atoms with Crippen molar-refractivity contribution in [3.05, 3.63) is 30.6 Å². The van der Waals surface area contributed by atoms with Crippen LogP contribution in [0.5, 0.6) is 0 Å². The summed E-state index contributed by atoms with van der Waals surface area (Å²) in [6, 6.07) is 6.27. The molecule has 78 valence electrons. The maximum absolute atomic E-state index is 2.31. The lowest BCUT2D eigenvalue weighted by Gasteiger charge is -2.18. The molecular weight excluding hydrogens is 170 g/mol. The van der Waals surface area contributed by atoms with E-state index in [0.29, 0.717) is 0 Å². The highest BCUT2D eigenvalue weighted by Gasteiger charge is 2.26. The Morgan fingerprint density at radius 1 is 1.00 bits per heavy atom. The molecule has 0 saturated carbocycles. The van der Waals surface area contributed by atoms with Gasteiger partial charge in [0.25, 0.3) is 0 Å². The van der Waals surface area contributed by atoms with Crippen LogP contribution in [0.3, 0.4) is 0 Å². The fraction of sp³-hybridized carbons (Fsp3) is 0.615. The Kier molecular flexibility index (Phi) is 4.12. The van der Waals surface area contributed by atoms with E-state index in [4.69, 9.17) is 0 Å². The summed E-state index contributed by atoms with van der Waals surface area (Å²) in [5.74, 6) is 0. The maximum Gasteiger partial charge on any atom is 0.169 e. The number of unbranched alkanes of at least 4 members (excludes halogenated alkanes) is 2. The second kappa shape index (κ2) is 5.14. The smallest absolute Gasteiger partial charge is 0.169 e. The summed E-state index contributed by atoms with van der Waals surface area (Å²) >= 11 is 0. The van der Waals surface area contributed by atoms with Gasteiger partial charge in [0.15, 0.2) is 17.9 Å². The summed E-state index contributed by atoms with van der Waals surface area (Å²) in [7, 11) is 0. The molecular formula is C13H22N+. The average Bonchev–Trinajstić information content (AvgIpc) is 2.19. The summed E-state index contributed by atoms with van der Waals surface area (Å²) in [5.41, 5.74) is 0.260. The molecule has 0 radical (unpaired) electrons. The van der Waals surface area contributed by atoms with Gasteiger partial charge in [-0.1, -0.05) is 25.8 Å². The third-order valence-corrected chi connectivity index (χ3v) is 2.81. The highest BCUT2D eigenvalue weighted by Crippen LogP contribution is 2.16. The van der Waals surface area contributed by atoms with Gasteiger partial charge < -0.3 is 0 Å². The first-order chi connectivity index (χ1) is 6.67. The van der Waals surface area contributed by atoms with Gasteiger partial charge in [-0.25, -0.2) is 4.57 Å². The highest BCUT2D eigenvalue weighted by atomic mass is 15.0. The zero-order chi connectivity index (χ0) is 10.4. The minimum Gasteiger partial charge on any atom is -0.200 e. The standard InChI is InChI=1S/C13H22N/c1-4-5-7-10-13(2,3)14-11-8-6-9-12-14/h6,8-9,11-12H,4-5,7,10H2,1-3H3/q+1. The van der Waals surface area contributed by atoms with Crippen LogP contribution in [0.4, 0.5) is 0 Å². The Hall–Kier alpha value is -0.850. The molecule has 1 aromatic heterocycles. The van der Waals surface area contributed by atoms with Crippen molar-refractivity contribution in [2.75, 3.05) is 0 Å². The molecule has 0 bridgehead atoms. The van der Waals surface area contributed by atoms with E-state index >= 15 is 0 Å². The Morgan fingerprint density at radius 3 is 2.21 bits per heavy atom. The molecule has 0 spiro atoms. The Bertz CT molecular complexity index is 251. The van der Waals surface area contributed by atoms with Crippen molar-refractivity contribution >= 4 is 0 Å². The van der Waals surface area contributed by atoms with Gasteiger partial charge in [0, 0.05) is 32.4 Å². The summed E-state index contributed by atoms with van der Waals surface area (Å²) in [6.07, 6.45) is 9.55. The molecule has 0 unspecified atom stereocenters. The summed E-state index contributed by atoms with van der Waals surface area (Å²) in [6.45, 7) is 6.87. The number of hydrogen-bond acceptors (Lipinski definition) is 0. The molecule has 0 aliphatic rings. The monoisotopic (exact) mass is 192 g/mol. The predicted molar refractivity (Wildman–Crippen MR) is 60.1 cm³/mol. The van der Waals surface area contributed by atoms with Gasteiger partial charge in [0.05, 0.1) is 0 Å². The molecule has 0 aromatic carbocycles. The van der Waals surface area contributed by atoms with Crippen LogP contribution in [0.15, 0.2) is 30.6 Å². The van der Waals surface area contributed by atoms with Crippen molar-refractivity contribution in [2.45, 2.75) is 52.0 Å². The summed E-state index contributed by atoms with van der Waals surface area (Å²) in [5, 5.41) is 0. The average molecular weight is 192 g/mol. The molecule has 0 aliphatic heterocycles. The van der Waals surface area contributed by atoms with Crippen LogP contribution in [0.25, 0.3) is 0 Å². The highest BCUT2D eigenvalue weighted by molar-refractivity contribution is 4.84. The third-order valence-electron chi connectivity index (χ3n) is 2.81. The lowest BCUT2D eigenvalue weighted by atomic mass is 9.96. The quantitative estimate of drug-likeness (QED) is 0.498. The first kappa shape index (κ1) is 11.2. The number of aromatic nitrogens is 1. The van der Waals surface area contributed by atoms with Gasteiger partial charge in [-0.3, -0.25) is 0 Å². The zero-order valence-corrected chi connectivity index (χ0v) is 9.66. The van der Waals surface area contributed by atoms with E-state index in [9.17, 15) is 0 Å². The van der Waals surface area contributed by atoms with Crippen LogP contribution in [-0.4, -0.2) is 0 Å². The van der Waals surface area contributed by atoms with Crippen LogP contribution >= 0.6 is 0 Å². The van der Waals surface area contributed by atoms with E-state index in [2.05, 4.69) is 55.9 Å². The second-order valence-electron chi connectivity index (χ2n) is 4.55. The van der Waals surface area contributed by atoms with Crippen LogP contribution in [0.2, 0.25) is 0 Å². The predicted octanol–water partition coefficient (Wildman–Crippen LogP) is 3.29. The van der Waals surface area contributed by atoms with Crippen molar-refractivity contribution in [1.82, 2.24) is 0 Å². The molecule has 0 amide bonds. The SMILES string of the molecule is CCCCCC(C)(C)[n+]1ccccc1. The first-order valence-electron chi connectivity index (χ1n) is 5.63. The van der Waals surface area contributed by atoms with Gasteiger partial charge >= 0.3 is 0 Å². The van der Waals surface area contributed by atoms with E-state index < -0.39 is 0 Å². The lowest BCUT2D eigenvalue weighted by molar-refractivity contribution is -0.758. The Morgan fingerprint density at radius 2 is 1.64 bits per heavy atom. The van der Waals surface area contributed by atoms with Gasteiger partial charge in [0.2, 0.25) is 0 Å². The van der Waals surface area contributed by atoms with Gasteiger partial charge in [0.1, 0.15) is 0 Å². The third kappa shape index (κ3) is 3.13. The molecule has 1 rings (SSSR count). The van der Waals surface area contributed by atoms with Crippen LogP contribution in [0.1, 0.15) is 46.5 Å². The molecule has 1 heterocycles. The second-order valence-corrected chi connectivity index (χ2v) is 4.55. The van der Waals surface area contributed by atoms with E-state index in [0.717, 1.165) is 0 Å². The van der Waals surface area contributed by atoms with Gasteiger partial charge in [-0.05, 0) is 6.42 Å². The lowest BCUT2D eigenvalue weighted by Crippen LogP contribution is -2.51. The van der Waals surface area contributed by atoms with E-state index in [1.165, 1.54) is 25.7 Å². The molecule has 1 aromatic rings. The minimum atomic E-state index is 0.260. The molecule has 1 heteroatoms. The van der Waals surface area contributed by atoms with Crippen LogP contribution in [-0.2, 0) is 5.54 Å². The summed E-state index contributed by atoms with van der Waals surface area (Å²) < 4.78 is 2.31. The van der Waals surface area contributed by atoms with Crippen LogP contribution in [0, 0.1) is 0 Å². The molecule has 1 nitrogen and oxygen atoms in total.